The van der Waals surface area contributed by atoms with Gasteiger partial charge in [-0.1, -0.05) is 29.8 Å². The van der Waals surface area contributed by atoms with E-state index in [1.165, 1.54) is 11.1 Å². The highest BCUT2D eigenvalue weighted by Crippen LogP contribution is 2.35. The maximum Gasteiger partial charge on any atom is 0.0748 e. The predicted molar refractivity (Wildman–Crippen MR) is 65.4 cm³/mol. The maximum absolute atomic E-state index is 9.98. The second-order valence-corrected chi connectivity index (χ2v) is 5.00. The number of nitrogens with zero attached hydrogens (tertiary/aromatic N) is 1. The highest BCUT2D eigenvalue weighted by Gasteiger charge is 2.36. The number of aliphatic hydroxyl groups excluding tert-OH is 1. The topological polar surface area (TPSA) is 23.5 Å². The van der Waals surface area contributed by atoms with E-state index in [0.29, 0.717) is 0 Å². The molecule has 2 bridgehead atoms. The average Bonchev–Trinajstić information content (AvgIpc) is 2.57. The van der Waals surface area contributed by atoms with Gasteiger partial charge in [-0.3, -0.25) is 4.90 Å². The Labute approximate surface area is 100 Å². The predicted octanol–water partition coefficient (Wildman–Crippen LogP) is 2.03. The van der Waals surface area contributed by atoms with Crippen molar-refractivity contribution in [1.29, 1.82) is 0 Å². The molecule has 16 heavy (non-hydrogen) atoms. The summed E-state index contributed by atoms with van der Waals surface area (Å²) in [6, 6.07) is 7.89. The van der Waals surface area contributed by atoms with Crippen molar-refractivity contribution in [2.75, 3.05) is 19.6 Å². The number of hydrogen-bond donors (Lipinski definition) is 1. The second kappa shape index (κ2) is 3.88. The average molecular weight is 236 g/mol. The largest absolute Gasteiger partial charge is 0.391 e. The van der Waals surface area contributed by atoms with Crippen LogP contribution in [0.15, 0.2) is 30.3 Å². The van der Waals surface area contributed by atoms with Crippen molar-refractivity contribution in [1.82, 2.24) is 4.90 Å². The molecule has 2 nitrogen and oxygen atoms in total. The Kier molecular flexibility index (Phi) is 2.51. The summed E-state index contributed by atoms with van der Waals surface area (Å²) in [6.45, 7) is 2.74. The van der Waals surface area contributed by atoms with Crippen molar-refractivity contribution in [2.45, 2.75) is 6.10 Å². The Morgan fingerprint density at radius 1 is 1.19 bits per heavy atom. The Hall–Kier alpha value is -0.830. The third kappa shape index (κ3) is 1.67. The first-order valence-corrected chi connectivity index (χ1v) is 5.98. The smallest absolute Gasteiger partial charge is 0.0748 e. The highest BCUT2D eigenvalue weighted by molar-refractivity contribution is 6.30. The first-order valence-electron chi connectivity index (χ1n) is 5.60. The van der Waals surface area contributed by atoms with Gasteiger partial charge in [-0.15, -0.1) is 0 Å². The van der Waals surface area contributed by atoms with E-state index < -0.39 is 0 Å². The number of benzene rings is 1. The molecule has 2 aliphatic rings. The van der Waals surface area contributed by atoms with Crippen molar-refractivity contribution in [3.05, 3.63) is 40.9 Å². The molecule has 1 saturated heterocycles. The van der Waals surface area contributed by atoms with Crippen LogP contribution in [0.25, 0.3) is 5.57 Å². The normalized spacial score (nSPS) is 32.6. The van der Waals surface area contributed by atoms with Gasteiger partial charge in [-0.25, -0.2) is 0 Å². The van der Waals surface area contributed by atoms with Gasteiger partial charge in [-0.2, -0.15) is 0 Å². The molecule has 3 atom stereocenters. The third-order valence-corrected chi connectivity index (χ3v) is 3.76. The van der Waals surface area contributed by atoms with E-state index in [-0.39, 0.29) is 12.0 Å². The zero-order chi connectivity index (χ0) is 11.1. The molecular formula is C13H14ClNO. The molecule has 3 rings (SSSR count). The third-order valence-electron chi connectivity index (χ3n) is 3.51. The molecule has 2 heterocycles. The molecule has 1 aromatic rings. The first kappa shape index (κ1) is 10.3. The lowest BCUT2D eigenvalue weighted by Crippen LogP contribution is -2.24. The van der Waals surface area contributed by atoms with Crippen molar-refractivity contribution in [3.8, 4) is 0 Å². The maximum atomic E-state index is 9.98. The lowest BCUT2D eigenvalue weighted by molar-refractivity contribution is 0.164. The molecule has 1 unspecified atom stereocenters. The number of hydrogen-bond acceptors (Lipinski definition) is 2. The van der Waals surface area contributed by atoms with Gasteiger partial charge in [0.15, 0.2) is 0 Å². The summed E-state index contributed by atoms with van der Waals surface area (Å²) < 4.78 is 0. The molecule has 0 saturated carbocycles. The minimum atomic E-state index is -0.218. The van der Waals surface area contributed by atoms with Crippen LogP contribution in [0.4, 0.5) is 0 Å². The molecule has 0 spiro atoms. The van der Waals surface area contributed by atoms with Gasteiger partial charge >= 0.3 is 0 Å². The Morgan fingerprint density at radius 2 is 1.94 bits per heavy atom. The van der Waals surface area contributed by atoms with Crippen LogP contribution >= 0.6 is 11.6 Å². The molecular weight excluding hydrogens is 222 g/mol. The van der Waals surface area contributed by atoms with E-state index in [1.807, 2.05) is 24.3 Å². The molecule has 84 valence electrons. The van der Waals surface area contributed by atoms with E-state index in [4.69, 9.17) is 11.6 Å². The molecule has 0 radical (unpaired) electrons. The fourth-order valence-corrected chi connectivity index (χ4v) is 2.80. The summed E-state index contributed by atoms with van der Waals surface area (Å²) in [7, 11) is 0. The zero-order valence-electron chi connectivity index (χ0n) is 8.94. The Bertz CT molecular complexity index is 426. The number of halogens is 1. The minimum absolute atomic E-state index is 0.218. The Balaban J connectivity index is 1.95. The summed E-state index contributed by atoms with van der Waals surface area (Å²) in [4.78, 5) is 2.29. The summed E-state index contributed by atoms with van der Waals surface area (Å²) in [6.07, 6.45) is 2.01. The van der Waals surface area contributed by atoms with E-state index in [0.717, 1.165) is 24.7 Å². The minimum Gasteiger partial charge on any atom is -0.391 e. The van der Waals surface area contributed by atoms with Crippen LogP contribution in [0.2, 0.25) is 5.02 Å². The van der Waals surface area contributed by atoms with E-state index in [2.05, 4.69) is 11.0 Å². The molecule has 0 amide bonds. The lowest BCUT2D eigenvalue weighted by Gasteiger charge is -2.23. The lowest BCUT2D eigenvalue weighted by atomic mass is 9.89. The summed E-state index contributed by atoms with van der Waals surface area (Å²) in [5.74, 6) is 0.273. The zero-order valence-corrected chi connectivity index (χ0v) is 9.69. The molecule has 2 aliphatic heterocycles. The quantitative estimate of drug-likeness (QED) is 0.805. The van der Waals surface area contributed by atoms with Crippen LogP contribution in [0.1, 0.15) is 5.56 Å². The standard InChI is InChI=1S/C13H14ClNO/c14-10-3-1-9(2-4-10)11-5-6-15-7-12(11)13(16)8-15/h1-5,12-13,16H,6-8H2/t12-,13-/m1/s1. The van der Waals surface area contributed by atoms with Gasteiger partial charge in [0.1, 0.15) is 0 Å². The SMILES string of the molecule is O[C@@H]1CN2CC=C(c3ccc(Cl)cc3)[C@H]1C2. The van der Waals surface area contributed by atoms with Crippen molar-refractivity contribution in [3.63, 3.8) is 0 Å². The van der Waals surface area contributed by atoms with Gasteiger partial charge in [0.2, 0.25) is 0 Å². The van der Waals surface area contributed by atoms with Gasteiger partial charge in [0.25, 0.3) is 0 Å². The van der Waals surface area contributed by atoms with Gasteiger partial charge in [0.05, 0.1) is 6.10 Å². The monoisotopic (exact) mass is 235 g/mol. The summed E-state index contributed by atoms with van der Waals surface area (Å²) in [5, 5.41) is 10.7. The van der Waals surface area contributed by atoms with Crippen LogP contribution < -0.4 is 0 Å². The van der Waals surface area contributed by atoms with Crippen molar-refractivity contribution >= 4 is 17.2 Å². The first-order chi connectivity index (χ1) is 7.74. The van der Waals surface area contributed by atoms with Gasteiger partial charge in [-0.05, 0) is 23.3 Å². The van der Waals surface area contributed by atoms with Crippen LogP contribution in [0.3, 0.4) is 0 Å². The van der Waals surface area contributed by atoms with Gasteiger partial charge < -0.3 is 5.11 Å². The summed E-state index contributed by atoms with van der Waals surface area (Å²) >= 11 is 5.88. The fourth-order valence-electron chi connectivity index (χ4n) is 2.67. The molecule has 1 aromatic carbocycles. The van der Waals surface area contributed by atoms with Crippen LogP contribution in [-0.4, -0.2) is 35.7 Å². The summed E-state index contributed by atoms with van der Waals surface area (Å²) in [5.41, 5.74) is 2.47. The van der Waals surface area contributed by atoms with Gasteiger partial charge in [0, 0.05) is 30.6 Å². The van der Waals surface area contributed by atoms with Crippen LogP contribution in [0, 0.1) is 5.92 Å². The van der Waals surface area contributed by atoms with Crippen molar-refractivity contribution in [2.24, 2.45) is 5.92 Å². The van der Waals surface area contributed by atoms with E-state index in [1.54, 1.807) is 0 Å². The molecule has 3 heteroatoms. The van der Waals surface area contributed by atoms with E-state index in [9.17, 15) is 5.11 Å². The Morgan fingerprint density at radius 3 is 2.69 bits per heavy atom. The van der Waals surface area contributed by atoms with Crippen molar-refractivity contribution < 1.29 is 5.11 Å². The highest BCUT2D eigenvalue weighted by atomic mass is 35.5. The van der Waals surface area contributed by atoms with Crippen LogP contribution in [-0.2, 0) is 0 Å². The molecule has 1 N–H and O–H groups in total. The fraction of sp³-hybridized carbons (Fsp3) is 0.385. The molecule has 0 aliphatic carbocycles. The molecule has 1 fully saturated rings. The van der Waals surface area contributed by atoms with E-state index >= 15 is 0 Å². The number of rotatable bonds is 1. The number of aliphatic hydroxyl groups is 1. The van der Waals surface area contributed by atoms with Crippen LogP contribution in [0.5, 0.6) is 0 Å². The number of fused-ring (bicyclic) bond motifs is 2. The second-order valence-electron chi connectivity index (χ2n) is 4.56. The molecule has 0 aromatic heterocycles.